The van der Waals surface area contributed by atoms with Gasteiger partial charge in [0, 0.05) is 11.6 Å². The standard InChI is InChI=1S/C14H15Cl2NO3S/c1-14(2)8-12(14)17-21(19,20)13-10(15)6-9(4-3-5-18)7-11(13)16/h6-7,12,17-18H,5,8H2,1-2H3. The van der Waals surface area contributed by atoms with Crippen molar-refractivity contribution in [2.45, 2.75) is 31.2 Å². The van der Waals surface area contributed by atoms with Gasteiger partial charge < -0.3 is 5.11 Å². The van der Waals surface area contributed by atoms with Gasteiger partial charge in [0.1, 0.15) is 11.5 Å². The predicted octanol–water partition coefficient (Wildman–Crippen LogP) is 2.41. The van der Waals surface area contributed by atoms with Gasteiger partial charge in [-0.2, -0.15) is 0 Å². The first-order valence-corrected chi connectivity index (χ1v) is 8.52. The molecule has 7 heteroatoms. The Bertz CT molecular complexity index is 709. The van der Waals surface area contributed by atoms with Crippen LogP contribution in [-0.4, -0.2) is 26.2 Å². The van der Waals surface area contributed by atoms with Gasteiger partial charge in [0.05, 0.1) is 10.0 Å². The first-order chi connectivity index (χ1) is 9.67. The number of benzene rings is 1. The monoisotopic (exact) mass is 347 g/mol. The highest BCUT2D eigenvalue weighted by Gasteiger charge is 2.48. The Hall–Kier alpha value is -0.770. The molecule has 2 N–H and O–H groups in total. The maximum Gasteiger partial charge on any atom is 0.243 e. The van der Waals surface area contributed by atoms with Gasteiger partial charge in [-0.25, -0.2) is 13.1 Å². The van der Waals surface area contributed by atoms with Crippen LogP contribution in [0.3, 0.4) is 0 Å². The minimum absolute atomic E-state index is 0.00990. The van der Waals surface area contributed by atoms with Gasteiger partial charge in [0.15, 0.2) is 0 Å². The molecule has 1 aliphatic carbocycles. The van der Waals surface area contributed by atoms with Gasteiger partial charge in [0.25, 0.3) is 0 Å². The number of aliphatic hydroxyl groups is 1. The first kappa shape index (κ1) is 16.6. The quantitative estimate of drug-likeness (QED) is 0.825. The normalized spacial score (nSPS) is 19.8. The van der Waals surface area contributed by atoms with Crippen LogP contribution in [0.15, 0.2) is 17.0 Å². The number of aliphatic hydroxyl groups excluding tert-OH is 1. The fraction of sp³-hybridized carbons (Fsp3) is 0.429. The lowest BCUT2D eigenvalue weighted by Gasteiger charge is -2.11. The van der Waals surface area contributed by atoms with Crippen molar-refractivity contribution in [1.29, 1.82) is 0 Å². The molecule has 0 radical (unpaired) electrons. The lowest BCUT2D eigenvalue weighted by molar-refractivity contribution is 0.350. The third kappa shape index (κ3) is 3.71. The van der Waals surface area contributed by atoms with Gasteiger partial charge >= 0.3 is 0 Å². The van der Waals surface area contributed by atoms with Crippen LogP contribution in [0, 0.1) is 17.3 Å². The van der Waals surface area contributed by atoms with E-state index >= 15 is 0 Å². The van der Waals surface area contributed by atoms with Crippen molar-refractivity contribution in [3.63, 3.8) is 0 Å². The molecule has 0 heterocycles. The minimum Gasteiger partial charge on any atom is -0.384 e. The molecular weight excluding hydrogens is 333 g/mol. The summed E-state index contributed by atoms with van der Waals surface area (Å²) in [5, 5.41) is 8.68. The number of hydrogen-bond acceptors (Lipinski definition) is 3. The van der Waals surface area contributed by atoms with Crippen molar-refractivity contribution >= 4 is 33.2 Å². The highest BCUT2D eigenvalue weighted by atomic mass is 35.5. The average Bonchev–Trinajstić information content (AvgIpc) is 2.91. The number of sulfonamides is 1. The molecule has 0 amide bonds. The summed E-state index contributed by atoms with van der Waals surface area (Å²) in [7, 11) is -3.78. The summed E-state index contributed by atoms with van der Waals surface area (Å²) in [5.74, 6) is 5.09. The van der Waals surface area contributed by atoms with Crippen LogP contribution in [-0.2, 0) is 10.0 Å². The maximum absolute atomic E-state index is 12.4. The van der Waals surface area contributed by atoms with Gasteiger partial charge in [-0.15, -0.1) is 0 Å². The second-order valence-electron chi connectivity index (χ2n) is 5.60. The van der Waals surface area contributed by atoms with Crippen LogP contribution in [0.4, 0.5) is 0 Å². The zero-order valence-corrected chi connectivity index (χ0v) is 13.9. The summed E-state index contributed by atoms with van der Waals surface area (Å²) in [6, 6.07) is 2.73. The molecule has 1 atom stereocenters. The molecule has 4 nitrogen and oxygen atoms in total. The summed E-state index contributed by atoms with van der Waals surface area (Å²) in [5.41, 5.74) is 0.406. The van der Waals surface area contributed by atoms with Crippen LogP contribution in [0.1, 0.15) is 25.8 Å². The van der Waals surface area contributed by atoms with E-state index in [1.165, 1.54) is 12.1 Å². The molecule has 1 saturated carbocycles. The Kier molecular flexibility index (Phi) is 4.57. The summed E-state index contributed by atoms with van der Waals surface area (Å²) < 4.78 is 27.4. The van der Waals surface area contributed by atoms with Crippen molar-refractivity contribution in [3.05, 3.63) is 27.7 Å². The van der Waals surface area contributed by atoms with Gasteiger partial charge in [-0.05, 0) is 24.0 Å². The number of nitrogens with one attached hydrogen (secondary N) is 1. The van der Waals surface area contributed by atoms with Crippen LogP contribution in [0.5, 0.6) is 0 Å². The van der Waals surface area contributed by atoms with Gasteiger partial charge in [-0.3, -0.25) is 0 Å². The van der Waals surface area contributed by atoms with Crippen molar-refractivity contribution in [1.82, 2.24) is 4.72 Å². The number of halogens is 2. The molecular formula is C14H15Cl2NO3S. The number of rotatable bonds is 3. The van der Waals surface area contributed by atoms with E-state index in [1.807, 2.05) is 13.8 Å². The Balaban J connectivity index is 2.35. The van der Waals surface area contributed by atoms with Gasteiger partial charge in [-0.1, -0.05) is 48.9 Å². The average molecular weight is 348 g/mol. The highest BCUT2D eigenvalue weighted by molar-refractivity contribution is 7.89. The van der Waals surface area contributed by atoms with E-state index < -0.39 is 10.0 Å². The van der Waals surface area contributed by atoms with Gasteiger partial charge in [0.2, 0.25) is 10.0 Å². The van der Waals surface area contributed by atoms with E-state index in [-0.39, 0.29) is 33.0 Å². The largest absolute Gasteiger partial charge is 0.384 e. The molecule has 1 aliphatic rings. The summed E-state index contributed by atoms with van der Waals surface area (Å²) in [6.07, 6.45) is 0.779. The summed E-state index contributed by atoms with van der Waals surface area (Å²) in [4.78, 5) is -0.136. The van der Waals surface area contributed by atoms with Crippen LogP contribution >= 0.6 is 23.2 Å². The van der Waals surface area contributed by atoms with E-state index in [9.17, 15) is 8.42 Å². The molecule has 1 unspecified atom stereocenters. The molecule has 0 spiro atoms. The third-order valence-corrected chi connectivity index (χ3v) is 5.78. The van der Waals surface area contributed by atoms with E-state index in [1.54, 1.807) is 0 Å². The molecule has 21 heavy (non-hydrogen) atoms. The summed E-state index contributed by atoms with van der Waals surface area (Å²) >= 11 is 12.1. The molecule has 0 aromatic heterocycles. The van der Waals surface area contributed by atoms with Crippen molar-refractivity contribution < 1.29 is 13.5 Å². The van der Waals surface area contributed by atoms with Crippen LogP contribution in [0.25, 0.3) is 0 Å². The first-order valence-electron chi connectivity index (χ1n) is 6.28. The Morgan fingerprint density at radius 3 is 2.33 bits per heavy atom. The summed E-state index contributed by atoms with van der Waals surface area (Å²) in [6.45, 7) is 3.67. The van der Waals surface area contributed by atoms with E-state index in [4.69, 9.17) is 28.3 Å². The second-order valence-corrected chi connectivity index (χ2v) is 8.06. The maximum atomic E-state index is 12.4. The van der Waals surface area contributed by atoms with Crippen molar-refractivity contribution in [2.75, 3.05) is 6.61 Å². The Labute approximate surface area is 134 Å². The smallest absolute Gasteiger partial charge is 0.243 e. The Morgan fingerprint density at radius 1 is 1.38 bits per heavy atom. The lowest BCUT2D eigenvalue weighted by Crippen LogP contribution is -2.29. The topological polar surface area (TPSA) is 66.4 Å². The molecule has 2 rings (SSSR count). The number of hydrogen-bond donors (Lipinski definition) is 2. The van der Waals surface area contributed by atoms with Crippen LogP contribution in [0.2, 0.25) is 10.0 Å². The van der Waals surface area contributed by atoms with E-state index in [0.29, 0.717) is 5.56 Å². The minimum atomic E-state index is -3.78. The van der Waals surface area contributed by atoms with Crippen molar-refractivity contribution in [3.8, 4) is 11.8 Å². The molecule has 114 valence electrons. The van der Waals surface area contributed by atoms with Crippen molar-refractivity contribution in [2.24, 2.45) is 5.41 Å². The molecule has 1 aromatic rings. The molecule has 1 aromatic carbocycles. The molecule has 1 fully saturated rings. The SMILES string of the molecule is CC1(C)CC1NS(=O)(=O)c1c(Cl)cc(C#CCO)cc1Cl. The zero-order valence-electron chi connectivity index (χ0n) is 11.6. The fourth-order valence-electron chi connectivity index (χ4n) is 1.94. The fourth-order valence-corrected chi connectivity index (χ4v) is 4.57. The molecule has 0 bridgehead atoms. The second kappa shape index (κ2) is 5.79. The highest BCUT2D eigenvalue weighted by Crippen LogP contribution is 2.45. The molecule has 0 saturated heterocycles. The molecule has 0 aliphatic heterocycles. The third-order valence-electron chi connectivity index (χ3n) is 3.39. The van der Waals surface area contributed by atoms with E-state index in [2.05, 4.69) is 16.6 Å². The van der Waals surface area contributed by atoms with Crippen LogP contribution < -0.4 is 4.72 Å². The van der Waals surface area contributed by atoms with E-state index in [0.717, 1.165) is 6.42 Å². The Morgan fingerprint density at radius 2 is 1.90 bits per heavy atom. The zero-order chi connectivity index (χ0) is 15.8. The predicted molar refractivity (Wildman–Crippen MR) is 82.9 cm³/mol. The lowest BCUT2D eigenvalue weighted by atomic mass is 10.2.